The van der Waals surface area contributed by atoms with Crippen molar-refractivity contribution in [3.63, 3.8) is 0 Å². The fourth-order valence-corrected chi connectivity index (χ4v) is 3.33. The molecule has 0 saturated heterocycles. The Labute approximate surface area is 188 Å². The Hall–Kier alpha value is -3.27. The van der Waals surface area contributed by atoms with Crippen molar-refractivity contribution in [2.45, 2.75) is 19.1 Å². The minimum Gasteiger partial charge on any atom is -0.330 e. The standard InChI is InChI=1S/C20H14F3IN6O/c1-11(17-18(27-7-6-26-17)16-4-2-12(9-25)10-28-16)29-19(31)30-15-5-3-13(8-14(15)24)20(21,22)23/h2-8,10-11H,1H3,(H2,29,30,31). The lowest BCUT2D eigenvalue weighted by Gasteiger charge is -2.17. The highest BCUT2D eigenvalue weighted by atomic mass is 127. The van der Waals surface area contributed by atoms with Crippen molar-refractivity contribution in [3.8, 4) is 17.5 Å². The first-order valence-corrected chi connectivity index (χ1v) is 9.88. The van der Waals surface area contributed by atoms with E-state index in [9.17, 15) is 18.0 Å². The summed E-state index contributed by atoms with van der Waals surface area (Å²) in [5.74, 6) is 0. The number of nitrogens with zero attached hydrogens (tertiary/aromatic N) is 4. The molecule has 1 aromatic carbocycles. The quantitative estimate of drug-likeness (QED) is 0.460. The molecule has 2 amide bonds. The Bertz CT molecular complexity index is 1140. The Morgan fingerprint density at radius 2 is 1.90 bits per heavy atom. The number of carbonyl (C=O) groups is 1. The van der Waals surface area contributed by atoms with Crippen molar-refractivity contribution in [3.05, 3.63) is 69.3 Å². The normalized spacial score (nSPS) is 12.0. The zero-order chi connectivity index (χ0) is 22.6. The minimum atomic E-state index is -4.46. The van der Waals surface area contributed by atoms with Crippen LogP contribution in [-0.2, 0) is 6.18 Å². The number of rotatable bonds is 4. The summed E-state index contributed by atoms with van der Waals surface area (Å²) in [6.45, 7) is 1.69. The van der Waals surface area contributed by atoms with Gasteiger partial charge in [-0.2, -0.15) is 18.4 Å². The van der Waals surface area contributed by atoms with Gasteiger partial charge in [0.05, 0.1) is 34.2 Å². The van der Waals surface area contributed by atoms with E-state index in [1.807, 2.05) is 6.07 Å². The Kier molecular flexibility index (Phi) is 6.69. The summed E-state index contributed by atoms with van der Waals surface area (Å²) in [6, 6.07) is 7.05. The highest BCUT2D eigenvalue weighted by Gasteiger charge is 2.31. The number of hydrogen-bond donors (Lipinski definition) is 2. The van der Waals surface area contributed by atoms with Gasteiger partial charge in [-0.25, -0.2) is 4.79 Å². The van der Waals surface area contributed by atoms with E-state index < -0.39 is 23.8 Å². The number of pyridine rings is 1. The molecule has 2 heterocycles. The highest BCUT2D eigenvalue weighted by molar-refractivity contribution is 14.1. The number of halogens is 4. The lowest BCUT2D eigenvalue weighted by molar-refractivity contribution is -0.137. The van der Waals surface area contributed by atoms with Gasteiger partial charge in [0.15, 0.2) is 0 Å². The monoisotopic (exact) mass is 538 g/mol. The van der Waals surface area contributed by atoms with E-state index >= 15 is 0 Å². The second-order valence-electron chi connectivity index (χ2n) is 6.35. The predicted octanol–water partition coefficient (Wildman–Crippen LogP) is 4.92. The molecule has 3 aromatic rings. The van der Waals surface area contributed by atoms with E-state index in [-0.39, 0.29) is 9.26 Å². The number of urea groups is 1. The third-order valence-corrected chi connectivity index (χ3v) is 5.06. The molecule has 0 radical (unpaired) electrons. The van der Waals surface area contributed by atoms with Crippen molar-refractivity contribution in [1.29, 1.82) is 5.26 Å². The van der Waals surface area contributed by atoms with E-state index in [0.717, 1.165) is 12.1 Å². The molecular formula is C20H14F3IN6O. The number of amides is 2. The maximum Gasteiger partial charge on any atom is 0.416 e. The number of alkyl halides is 3. The van der Waals surface area contributed by atoms with Gasteiger partial charge < -0.3 is 10.6 Å². The second-order valence-corrected chi connectivity index (χ2v) is 7.51. The van der Waals surface area contributed by atoms with E-state index in [4.69, 9.17) is 5.26 Å². The van der Waals surface area contributed by atoms with Gasteiger partial charge >= 0.3 is 12.2 Å². The number of aromatic nitrogens is 3. The number of nitrogens with one attached hydrogen (secondary N) is 2. The van der Waals surface area contributed by atoms with Crippen molar-refractivity contribution >= 4 is 34.3 Å². The van der Waals surface area contributed by atoms with Gasteiger partial charge in [-0.1, -0.05) is 0 Å². The average molecular weight is 538 g/mol. The zero-order valence-corrected chi connectivity index (χ0v) is 18.1. The van der Waals surface area contributed by atoms with Crippen LogP contribution in [0.5, 0.6) is 0 Å². The first kappa shape index (κ1) is 22.4. The molecule has 31 heavy (non-hydrogen) atoms. The third kappa shape index (κ3) is 5.46. The third-order valence-electron chi connectivity index (χ3n) is 4.16. The first-order chi connectivity index (χ1) is 14.7. The summed E-state index contributed by atoms with van der Waals surface area (Å²) in [5, 5.41) is 14.1. The molecule has 0 aliphatic rings. The molecule has 2 N–H and O–H groups in total. The molecular weight excluding hydrogens is 524 g/mol. The fraction of sp³-hybridized carbons (Fsp3) is 0.150. The minimum absolute atomic E-state index is 0.242. The lowest BCUT2D eigenvalue weighted by atomic mass is 10.1. The Balaban J connectivity index is 1.76. The van der Waals surface area contributed by atoms with Crippen LogP contribution >= 0.6 is 22.6 Å². The molecule has 1 atom stereocenters. The largest absolute Gasteiger partial charge is 0.416 e. The van der Waals surface area contributed by atoms with Crippen LogP contribution < -0.4 is 10.6 Å². The number of benzene rings is 1. The summed E-state index contributed by atoms with van der Waals surface area (Å²) in [4.78, 5) is 25.2. The molecule has 7 nitrogen and oxygen atoms in total. The SMILES string of the molecule is CC(NC(=O)Nc1ccc(C(F)(F)F)cc1I)c1nccnc1-c1ccc(C#N)cn1. The predicted molar refractivity (Wildman–Crippen MR) is 115 cm³/mol. The van der Waals surface area contributed by atoms with Crippen LogP contribution in [0.3, 0.4) is 0 Å². The zero-order valence-electron chi connectivity index (χ0n) is 15.9. The molecule has 0 fully saturated rings. The molecule has 11 heteroatoms. The van der Waals surface area contributed by atoms with Crippen LogP contribution in [0, 0.1) is 14.9 Å². The lowest BCUT2D eigenvalue weighted by Crippen LogP contribution is -2.32. The van der Waals surface area contributed by atoms with Crippen molar-refractivity contribution in [2.24, 2.45) is 0 Å². The molecule has 0 saturated carbocycles. The van der Waals surface area contributed by atoms with Gasteiger partial charge in [0.1, 0.15) is 11.8 Å². The average Bonchev–Trinajstić information content (AvgIpc) is 2.74. The van der Waals surface area contributed by atoms with Gasteiger partial charge in [-0.15, -0.1) is 0 Å². The van der Waals surface area contributed by atoms with Gasteiger partial charge in [-0.3, -0.25) is 15.0 Å². The molecule has 3 rings (SSSR count). The molecule has 0 aliphatic carbocycles. The Morgan fingerprint density at radius 3 is 2.52 bits per heavy atom. The Morgan fingerprint density at radius 1 is 1.16 bits per heavy atom. The van der Waals surface area contributed by atoms with Crippen LogP contribution in [0.2, 0.25) is 0 Å². The topological polar surface area (TPSA) is 104 Å². The first-order valence-electron chi connectivity index (χ1n) is 8.80. The molecule has 158 valence electrons. The maximum absolute atomic E-state index is 12.8. The molecule has 0 spiro atoms. The second kappa shape index (κ2) is 9.25. The van der Waals surface area contributed by atoms with Crippen molar-refractivity contribution in [1.82, 2.24) is 20.3 Å². The number of nitriles is 1. The van der Waals surface area contributed by atoms with Crippen LogP contribution in [0.25, 0.3) is 11.4 Å². The van der Waals surface area contributed by atoms with Crippen LogP contribution in [0.1, 0.15) is 29.8 Å². The van der Waals surface area contributed by atoms with Gasteiger partial charge in [-0.05, 0) is 59.8 Å². The number of carbonyl (C=O) groups excluding carboxylic acids is 1. The molecule has 0 aliphatic heterocycles. The summed E-state index contributed by atoms with van der Waals surface area (Å²) in [7, 11) is 0. The molecule has 2 aromatic heterocycles. The fourth-order valence-electron chi connectivity index (χ4n) is 2.68. The van der Waals surface area contributed by atoms with E-state index in [0.29, 0.717) is 22.6 Å². The van der Waals surface area contributed by atoms with E-state index in [1.165, 1.54) is 24.7 Å². The van der Waals surface area contributed by atoms with E-state index in [1.54, 1.807) is 41.6 Å². The summed E-state index contributed by atoms with van der Waals surface area (Å²) >= 11 is 1.73. The highest BCUT2D eigenvalue weighted by Crippen LogP contribution is 2.32. The van der Waals surface area contributed by atoms with Gasteiger partial charge in [0.2, 0.25) is 0 Å². The maximum atomic E-state index is 12.8. The number of hydrogen-bond acceptors (Lipinski definition) is 5. The van der Waals surface area contributed by atoms with Gasteiger partial charge in [0.25, 0.3) is 0 Å². The van der Waals surface area contributed by atoms with Crippen LogP contribution in [0.4, 0.5) is 23.7 Å². The van der Waals surface area contributed by atoms with Gasteiger partial charge in [0, 0.05) is 22.2 Å². The molecule has 0 bridgehead atoms. The summed E-state index contributed by atoms with van der Waals surface area (Å²) in [5.41, 5.74) is 1.20. The summed E-state index contributed by atoms with van der Waals surface area (Å²) in [6.07, 6.45) is -0.102. The van der Waals surface area contributed by atoms with Crippen molar-refractivity contribution in [2.75, 3.05) is 5.32 Å². The van der Waals surface area contributed by atoms with Crippen molar-refractivity contribution < 1.29 is 18.0 Å². The number of anilines is 1. The molecule has 1 unspecified atom stereocenters. The summed E-state index contributed by atoms with van der Waals surface area (Å²) < 4.78 is 38.7. The van der Waals surface area contributed by atoms with Crippen LogP contribution in [-0.4, -0.2) is 21.0 Å². The van der Waals surface area contributed by atoms with E-state index in [2.05, 4.69) is 25.6 Å². The smallest absolute Gasteiger partial charge is 0.330 e. The van der Waals surface area contributed by atoms with Crippen LogP contribution in [0.15, 0.2) is 48.9 Å².